The molecule has 0 aromatic rings. The Balaban J connectivity index is 1.69. The van der Waals surface area contributed by atoms with E-state index in [4.69, 9.17) is 0 Å². The van der Waals surface area contributed by atoms with Gasteiger partial charge < -0.3 is 10.2 Å². The lowest BCUT2D eigenvalue weighted by atomic mass is 9.93. The van der Waals surface area contributed by atoms with Gasteiger partial charge in [-0.25, -0.2) is 0 Å². The van der Waals surface area contributed by atoms with E-state index in [1.54, 1.807) is 0 Å². The Morgan fingerprint density at radius 3 is 2.78 bits per heavy atom. The lowest BCUT2D eigenvalue weighted by Crippen LogP contribution is -2.35. The fourth-order valence-corrected chi connectivity index (χ4v) is 3.74. The minimum atomic E-state index is 0.565. The van der Waals surface area contributed by atoms with Crippen LogP contribution in [-0.4, -0.2) is 37.1 Å². The van der Waals surface area contributed by atoms with Gasteiger partial charge in [-0.15, -0.1) is 0 Å². The smallest absolute Gasteiger partial charge is 0.00958 e. The summed E-state index contributed by atoms with van der Waals surface area (Å²) >= 11 is 0. The van der Waals surface area contributed by atoms with E-state index in [0.29, 0.717) is 5.41 Å². The molecule has 0 aromatic carbocycles. The molecule has 2 nitrogen and oxygen atoms in total. The standard InChI is InChI=1S/C16H32N2/c1-4-10-17-15-7-5-6-14(15)8-11-18-12-9-16(2,3)13-18/h14-15,17H,4-13H2,1-3H3. The maximum Gasteiger partial charge on any atom is 0.00958 e. The van der Waals surface area contributed by atoms with Crippen LogP contribution in [0.15, 0.2) is 0 Å². The average molecular weight is 252 g/mol. The normalized spacial score (nSPS) is 32.2. The van der Waals surface area contributed by atoms with Crippen LogP contribution in [0.2, 0.25) is 0 Å². The van der Waals surface area contributed by atoms with Crippen LogP contribution in [0.4, 0.5) is 0 Å². The molecule has 1 heterocycles. The molecule has 2 heteroatoms. The fourth-order valence-electron chi connectivity index (χ4n) is 3.74. The van der Waals surface area contributed by atoms with E-state index in [9.17, 15) is 0 Å². The zero-order valence-corrected chi connectivity index (χ0v) is 12.7. The van der Waals surface area contributed by atoms with Gasteiger partial charge in [-0.05, 0) is 63.1 Å². The minimum absolute atomic E-state index is 0.565. The zero-order chi connectivity index (χ0) is 13.0. The molecule has 18 heavy (non-hydrogen) atoms. The summed E-state index contributed by atoms with van der Waals surface area (Å²) in [6.45, 7) is 12.3. The highest BCUT2D eigenvalue weighted by Gasteiger charge is 2.31. The summed E-state index contributed by atoms with van der Waals surface area (Å²) < 4.78 is 0. The van der Waals surface area contributed by atoms with Crippen molar-refractivity contribution < 1.29 is 0 Å². The van der Waals surface area contributed by atoms with Gasteiger partial charge in [0.1, 0.15) is 0 Å². The molecule has 1 saturated heterocycles. The third-order valence-corrected chi connectivity index (χ3v) is 4.89. The number of likely N-dealkylation sites (tertiary alicyclic amines) is 1. The Morgan fingerprint density at radius 2 is 2.11 bits per heavy atom. The number of hydrogen-bond acceptors (Lipinski definition) is 2. The molecule has 106 valence electrons. The summed E-state index contributed by atoms with van der Waals surface area (Å²) in [6.07, 6.45) is 8.38. The van der Waals surface area contributed by atoms with Gasteiger partial charge in [0.15, 0.2) is 0 Å². The van der Waals surface area contributed by atoms with Gasteiger partial charge in [0.25, 0.3) is 0 Å². The molecule has 0 spiro atoms. The van der Waals surface area contributed by atoms with Crippen molar-refractivity contribution >= 4 is 0 Å². The second kappa shape index (κ2) is 6.38. The number of nitrogens with one attached hydrogen (secondary N) is 1. The third kappa shape index (κ3) is 3.96. The van der Waals surface area contributed by atoms with E-state index in [2.05, 4.69) is 31.0 Å². The summed E-state index contributed by atoms with van der Waals surface area (Å²) in [5, 5.41) is 3.75. The summed E-state index contributed by atoms with van der Waals surface area (Å²) in [5.74, 6) is 0.945. The van der Waals surface area contributed by atoms with Gasteiger partial charge in [0.05, 0.1) is 0 Å². The molecule has 0 amide bonds. The Bertz CT molecular complexity index is 249. The van der Waals surface area contributed by atoms with Gasteiger partial charge in [0, 0.05) is 12.6 Å². The van der Waals surface area contributed by atoms with Crippen molar-refractivity contribution in [3.8, 4) is 0 Å². The van der Waals surface area contributed by atoms with Crippen molar-refractivity contribution in [1.29, 1.82) is 0 Å². The Hall–Kier alpha value is -0.0800. The van der Waals surface area contributed by atoms with Gasteiger partial charge >= 0.3 is 0 Å². The quantitative estimate of drug-likeness (QED) is 0.780. The zero-order valence-electron chi connectivity index (χ0n) is 12.7. The van der Waals surface area contributed by atoms with Crippen molar-refractivity contribution in [3.05, 3.63) is 0 Å². The first-order valence-corrected chi connectivity index (χ1v) is 8.06. The Morgan fingerprint density at radius 1 is 1.28 bits per heavy atom. The molecule has 2 fully saturated rings. The van der Waals surface area contributed by atoms with Crippen LogP contribution in [0.3, 0.4) is 0 Å². The molecule has 1 saturated carbocycles. The van der Waals surface area contributed by atoms with Crippen molar-refractivity contribution in [2.24, 2.45) is 11.3 Å². The fraction of sp³-hybridized carbons (Fsp3) is 1.00. The van der Waals surface area contributed by atoms with Crippen LogP contribution in [-0.2, 0) is 0 Å². The second-order valence-corrected chi connectivity index (χ2v) is 7.23. The first kappa shape index (κ1) is 14.3. The van der Waals surface area contributed by atoms with Crippen molar-refractivity contribution in [1.82, 2.24) is 10.2 Å². The predicted molar refractivity (Wildman–Crippen MR) is 78.9 cm³/mol. The highest BCUT2D eigenvalue weighted by atomic mass is 15.1. The molecule has 2 atom stereocenters. The Labute approximate surface area is 114 Å². The average Bonchev–Trinajstić information content (AvgIpc) is 2.90. The van der Waals surface area contributed by atoms with E-state index in [1.165, 1.54) is 64.7 Å². The van der Waals surface area contributed by atoms with E-state index in [1.807, 2.05) is 0 Å². The largest absolute Gasteiger partial charge is 0.314 e. The highest BCUT2D eigenvalue weighted by Crippen LogP contribution is 2.32. The number of nitrogens with zero attached hydrogens (tertiary/aromatic N) is 1. The molecule has 0 radical (unpaired) electrons. The third-order valence-electron chi connectivity index (χ3n) is 4.89. The van der Waals surface area contributed by atoms with Crippen LogP contribution in [0.1, 0.15) is 59.3 Å². The van der Waals surface area contributed by atoms with Gasteiger partial charge in [-0.1, -0.05) is 27.2 Å². The van der Waals surface area contributed by atoms with E-state index < -0.39 is 0 Å². The van der Waals surface area contributed by atoms with Crippen molar-refractivity contribution in [3.63, 3.8) is 0 Å². The molecule has 2 rings (SSSR count). The van der Waals surface area contributed by atoms with E-state index in [0.717, 1.165) is 12.0 Å². The summed E-state index contributed by atoms with van der Waals surface area (Å²) in [5.41, 5.74) is 0.565. The maximum absolute atomic E-state index is 3.75. The molecule has 2 unspecified atom stereocenters. The van der Waals surface area contributed by atoms with E-state index >= 15 is 0 Å². The second-order valence-electron chi connectivity index (χ2n) is 7.23. The summed E-state index contributed by atoms with van der Waals surface area (Å²) in [4.78, 5) is 2.69. The summed E-state index contributed by atoms with van der Waals surface area (Å²) in [6, 6.07) is 0.820. The maximum atomic E-state index is 3.75. The molecule has 1 N–H and O–H groups in total. The summed E-state index contributed by atoms with van der Waals surface area (Å²) in [7, 11) is 0. The highest BCUT2D eigenvalue weighted by molar-refractivity contribution is 4.86. The molecular weight excluding hydrogens is 220 g/mol. The molecule has 1 aliphatic heterocycles. The first-order chi connectivity index (χ1) is 8.61. The minimum Gasteiger partial charge on any atom is -0.314 e. The van der Waals surface area contributed by atoms with Gasteiger partial charge in [-0.3, -0.25) is 0 Å². The lowest BCUT2D eigenvalue weighted by Gasteiger charge is -2.24. The van der Waals surface area contributed by atoms with Gasteiger partial charge in [0.2, 0.25) is 0 Å². The van der Waals surface area contributed by atoms with Crippen LogP contribution >= 0.6 is 0 Å². The SMILES string of the molecule is CCCNC1CCCC1CCN1CCC(C)(C)C1. The van der Waals surface area contributed by atoms with Crippen molar-refractivity contribution in [2.75, 3.05) is 26.2 Å². The van der Waals surface area contributed by atoms with Crippen LogP contribution in [0, 0.1) is 11.3 Å². The molecule has 2 aliphatic rings. The number of rotatable bonds is 6. The molecule has 0 bridgehead atoms. The van der Waals surface area contributed by atoms with Crippen LogP contribution < -0.4 is 5.32 Å². The monoisotopic (exact) mass is 252 g/mol. The predicted octanol–water partition coefficient (Wildman–Crippen LogP) is 3.28. The van der Waals surface area contributed by atoms with Gasteiger partial charge in [-0.2, -0.15) is 0 Å². The topological polar surface area (TPSA) is 15.3 Å². The molecular formula is C16H32N2. The Kier molecular flexibility index (Phi) is 5.08. The van der Waals surface area contributed by atoms with Crippen molar-refractivity contribution in [2.45, 2.75) is 65.3 Å². The first-order valence-electron chi connectivity index (χ1n) is 8.06. The lowest BCUT2D eigenvalue weighted by molar-refractivity contribution is 0.257. The molecule has 1 aliphatic carbocycles. The van der Waals surface area contributed by atoms with E-state index in [-0.39, 0.29) is 0 Å². The number of hydrogen-bond donors (Lipinski definition) is 1. The van der Waals surface area contributed by atoms with Crippen LogP contribution in [0.5, 0.6) is 0 Å². The van der Waals surface area contributed by atoms with Crippen LogP contribution in [0.25, 0.3) is 0 Å². The molecule has 0 aromatic heterocycles.